The van der Waals surface area contributed by atoms with Crippen LogP contribution in [-0.2, 0) is 16.6 Å². The monoisotopic (exact) mass is 621 g/mol. The van der Waals surface area contributed by atoms with E-state index in [4.69, 9.17) is 11.8 Å². The number of benzene rings is 2. The number of para-hydroxylation sites is 2. The second-order valence-corrected chi connectivity index (χ2v) is 10.1. The van der Waals surface area contributed by atoms with Crippen molar-refractivity contribution in [1.82, 2.24) is 9.84 Å². The molecule has 1 heterocycles. The fraction of sp³-hybridized carbons (Fsp3) is 0.480. The summed E-state index contributed by atoms with van der Waals surface area (Å²) in [7, 11) is 0. The number of nitrogens with zero attached hydrogens (tertiary/aromatic N) is 2. The zero-order chi connectivity index (χ0) is 30.6. The van der Waals surface area contributed by atoms with Crippen molar-refractivity contribution in [3.8, 4) is 5.75 Å². The van der Waals surface area contributed by atoms with Gasteiger partial charge in [0.05, 0.1) is 30.2 Å². The zero-order valence-electron chi connectivity index (χ0n) is 21.0. The van der Waals surface area contributed by atoms with Gasteiger partial charge in [0, 0.05) is 6.42 Å². The van der Waals surface area contributed by atoms with Gasteiger partial charge in [-0.25, -0.2) is 4.39 Å². The number of ether oxygens (including phenoxy) is 1. The van der Waals surface area contributed by atoms with E-state index in [0.29, 0.717) is 23.4 Å². The van der Waals surface area contributed by atoms with Gasteiger partial charge < -0.3 is 10.1 Å². The fourth-order valence-electron chi connectivity index (χ4n) is 5.42. The van der Waals surface area contributed by atoms with Crippen LogP contribution in [0.4, 0.5) is 49.6 Å². The van der Waals surface area contributed by atoms with Crippen molar-refractivity contribution >= 4 is 23.4 Å². The van der Waals surface area contributed by atoms with E-state index in [1.165, 1.54) is 6.07 Å². The number of rotatable bonds is 6. The minimum absolute atomic E-state index is 0.0563. The predicted molar refractivity (Wildman–Crippen MR) is 127 cm³/mol. The lowest BCUT2D eigenvalue weighted by Gasteiger charge is -2.44. The molecule has 226 valence electrons. The van der Waals surface area contributed by atoms with E-state index in [-0.39, 0.29) is 16.5 Å². The summed E-state index contributed by atoms with van der Waals surface area (Å²) in [6.45, 7) is -1.38. The summed E-state index contributed by atoms with van der Waals surface area (Å²) in [6, 6.07) is 6.32. The van der Waals surface area contributed by atoms with E-state index in [9.17, 15) is 44.3 Å². The number of alkyl halides is 10. The highest BCUT2D eigenvalue weighted by atomic mass is 35.5. The first-order chi connectivity index (χ1) is 18.8. The minimum Gasteiger partial charge on any atom is -0.404 e. The Kier molecular flexibility index (Phi) is 7.87. The van der Waals surface area contributed by atoms with Crippen molar-refractivity contribution in [1.29, 1.82) is 0 Å². The van der Waals surface area contributed by atoms with Gasteiger partial charge in [0.2, 0.25) is 5.91 Å². The zero-order valence-corrected chi connectivity index (χ0v) is 21.8. The molecule has 1 fully saturated rings. The molecule has 1 aliphatic carbocycles. The lowest BCUT2D eigenvalue weighted by atomic mass is 9.67. The van der Waals surface area contributed by atoms with Crippen LogP contribution in [0.3, 0.4) is 0 Å². The Bertz CT molecular complexity index is 1290. The molecule has 5 nitrogen and oxygen atoms in total. The predicted octanol–water partition coefficient (Wildman–Crippen LogP) is 7.06. The summed E-state index contributed by atoms with van der Waals surface area (Å²) >= 11 is 6.09. The summed E-state index contributed by atoms with van der Waals surface area (Å²) in [5.41, 5.74) is -10.1. The molecular weight excluding hydrogens is 600 g/mol. The van der Waals surface area contributed by atoms with Crippen molar-refractivity contribution < 1.29 is 53.4 Å². The third kappa shape index (κ3) is 5.38. The second kappa shape index (κ2) is 10.4. The topological polar surface area (TPSA) is 44.8 Å². The first kappa shape index (κ1) is 31.0. The average Bonchev–Trinajstić information content (AvgIpc) is 3.42. The fourth-order valence-corrected chi connectivity index (χ4v) is 5.76. The Hall–Kier alpha value is -2.94. The Labute approximate surface area is 232 Å². The Morgan fingerprint density at radius 1 is 1.00 bits per heavy atom. The maximum atomic E-state index is 16.2. The number of aryl methyl sites for hydroxylation is 1. The molecule has 2 aliphatic rings. The third-order valence-corrected chi connectivity index (χ3v) is 7.63. The lowest BCUT2D eigenvalue weighted by Crippen LogP contribution is -2.68. The normalized spacial score (nSPS) is 22.1. The SMILES string of the molecule is CCC(=O)NC1CCc2ccc(C3(C(F)(C(F)(F)F)C(F)(F)F)CN(Cl)N(c4ccccc4OC(F)(F)F)C3)cc21. The van der Waals surface area contributed by atoms with Crippen LogP contribution in [0.15, 0.2) is 42.5 Å². The molecule has 16 heteroatoms. The number of carbonyl (C=O) groups excluding carboxylic acids is 1. The summed E-state index contributed by atoms with van der Waals surface area (Å²) in [5.74, 6) is -1.41. The number of hydrogen-bond acceptors (Lipinski definition) is 4. The molecule has 2 aromatic rings. The van der Waals surface area contributed by atoms with E-state index in [0.717, 1.165) is 36.4 Å². The van der Waals surface area contributed by atoms with Crippen LogP contribution in [0.25, 0.3) is 0 Å². The number of anilines is 1. The van der Waals surface area contributed by atoms with Crippen molar-refractivity contribution in [2.75, 3.05) is 18.1 Å². The minimum atomic E-state index is -6.53. The van der Waals surface area contributed by atoms with Crippen LogP contribution >= 0.6 is 11.8 Å². The molecule has 1 saturated heterocycles. The van der Waals surface area contributed by atoms with Gasteiger partial charge in [-0.1, -0.05) is 37.3 Å². The maximum Gasteiger partial charge on any atom is 0.573 e. The van der Waals surface area contributed by atoms with Gasteiger partial charge in [-0.3, -0.25) is 9.80 Å². The van der Waals surface area contributed by atoms with Crippen LogP contribution in [0.1, 0.15) is 42.5 Å². The first-order valence-corrected chi connectivity index (χ1v) is 12.5. The molecule has 0 aromatic heterocycles. The second-order valence-electron chi connectivity index (χ2n) is 9.73. The number of halogens is 11. The third-order valence-electron chi connectivity index (χ3n) is 7.32. The molecule has 2 unspecified atom stereocenters. The molecule has 0 spiro atoms. The summed E-state index contributed by atoms with van der Waals surface area (Å²) < 4.78 is 145. The number of hydrazine groups is 1. The Morgan fingerprint density at radius 3 is 2.22 bits per heavy atom. The standard InChI is InChI=1S/C25H22ClF10N3O2/c1-2-20(40)37-17-10-8-14-7-9-15(11-16(14)17)21(22(27,23(28,29)30)24(31,32)33)12-38(39(26)13-21)18-5-3-4-6-19(18)41-25(34,35)36/h3-7,9,11,17H,2,8,10,12-13H2,1H3,(H,37,40). The van der Waals surface area contributed by atoms with Gasteiger partial charge in [-0.15, -0.1) is 17.7 Å². The van der Waals surface area contributed by atoms with E-state index in [1.54, 1.807) is 6.92 Å². The van der Waals surface area contributed by atoms with Crippen LogP contribution in [0, 0.1) is 0 Å². The van der Waals surface area contributed by atoms with E-state index < -0.39 is 71.8 Å². The highest BCUT2D eigenvalue weighted by molar-refractivity contribution is 6.14. The number of amides is 1. The molecule has 2 aromatic carbocycles. The van der Waals surface area contributed by atoms with Gasteiger partial charge in [-0.05, 0) is 53.4 Å². The maximum absolute atomic E-state index is 16.2. The largest absolute Gasteiger partial charge is 0.573 e. The van der Waals surface area contributed by atoms with Crippen LogP contribution in [-0.4, -0.2) is 47.9 Å². The highest BCUT2D eigenvalue weighted by Crippen LogP contribution is 2.60. The van der Waals surface area contributed by atoms with Crippen molar-refractivity contribution in [2.45, 2.75) is 62.0 Å². The molecule has 2 atom stereocenters. The van der Waals surface area contributed by atoms with Gasteiger partial charge in [0.25, 0.3) is 0 Å². The lowest BCUT2D eigenvalue weighted by molar-refractivity contribution is -0.361. The van der Waals surface area contributed by atoms with E-state index in [1.807, 2.05) is 0 Å². The van der Waals surface area contributed by atoms with Crippen LogP contribution in [0.5, 0.6) is 5.75 Å². The first-order valence-electron chi connectivity index (χ1n) is 12.1. The summed E-state index contributed by atoms with van der Waals surface area (Å²) in [6.07, 6.45) is -17.6. The number of carbonyl (C=O) groups is 1. The van der Waals surface area contributed by atoms with Gasteiger partial charge in [-0.2, -0.15) is 26.3 Å². The van der Waals surface area contributed by atoms with Gasteiger partial charge in [0.1, 0.15) is 0 Å². The van der Waals surface area contributed by atoms with Crippen LogP contribution < -0.4 is 15.1 Å². The molecule has 0 saturated carbocycles. The van der Waals surface area contributed by atoms with Crippen molar-refractivity contribution in [3.63, 3.8) is 0 Å². The number of hydrogen-bond donors (Lipinski definition) is 1. The molecule has 1 aliphatic heterocycles. The number of nitrogens with one attached hydrogen (secondary N) is 1. The molecule has 0 radical (unpaired) electrons. The Morgan fingerprint density at radius 2 is 1.63 bits per heavy atom. The highest BCUT2D eigenvalue weighted by Gasteiger charge is 2.83. The number of fused-ring (bicyclic) bond motifs is 1. The van der Waals surface area contributed by atoms with Crippen molar-refractivity contribution in [2.24, 2.45) is 0 Å². The average molecular weight is 622 g/mol. The summed E-state index contributed by atoms with van der Waals surface area (Å²) in [5, 5.41) is 3.11. The van der Waals surface area contributed by atoms with Crippen molar-refractivity contribution in [3.05, 3.63) is 59.2 Å². The molecule has 1 N–H and O–H groups in total. The Balaban J connectivity index is 1.92. The summed E-state index contributed by atoms with van der Waals surface area (Å²) in [4.78, 5) is 12.0. The molecule has 0 bridgehead atoms. The van der Waals surface area contributed by atoms with E-state index >= 15 is 4.39 Å². The van der Waals surface area contributed by atoms with Gasteiger partial charge in [0.15, 0.2) is 5.75 Å². The quantitative estimate of drug-likeness (QED) is 0.277. The van der Waals surface area contributed by atoms with Gasteiger partial charge >= 0.3 is 24.4 Å². The van der Waals surface area contributed by atoms with E-state index in [2.05, 4.69) is 10.1 Å². The van der Waals surface area contributed by atoms with Crippen LogP contribution in [0.2, 0.25) is 0 Å². The smallest absolute Gasteiger partial charge is 0.404 e. The molecule has 41 heavy (non-hydrogen) atoms. The molecular formula is C25H22ClF10N3O2. The molecule has 1 amide bonds. The molecule has 4 rings (SSSR count).